The maximum atomic E-state index is 14.2. The highest BCUT2D eigenvalue weighted by Crippen LogP contribution is 2.33. The number of nitrogens with zero attached hydrogens (tertiary/aromatic N) is 12. The van der Waals surface area contributed by atoms with Crippen LogP contribution in [0.5, 0.6) is 11.6 Å². The Labute approximate surface area is 440 Å². The van der Waals surface area contributed by atoms with Crippen LogP contribution in [0, 0.1) is 27.0 Å². The Hall–Kier alpha value is -10.3. The predicted molar refractivity (Wildman–Crippen MR) is 291 cm³/mol. The van der Waals surface area contributed by atoms with Crippen LogP contribution in [0.4, 0.5) is 31.8 Å². The van der Waals surface area contributed by atoms with Crippen LogP contribution in [0.3, 0.4) is 0 Å². The molecule has 77 heavy (non-hydrogen) atoms. The predicted octanol–water partition coefficient (Wildman–Crippen LogP) is 11.8. The molecule has 10 rings (SSSR count). The SMILES string of the molecule is C.[C-]#[N+]c1cnc(C)nc1N[C@@H](C)c1nc2cccc(-c3cccc(OC)n3)c2c(=O)n1-c1ccccc1.[C-]#[N+]c1cnc(C)nc1N[C@@H](C)c1nc2cccc(-c3cncc(OC(F)F)c3)c2c(=O)n1-c1ccccc1. The highest BCUT2D eigenvalue weighted by Gasteiger charge is 2.24. The van der Waals surface area contributed by atoms with E-state index in [1.165, 1.54) is 35.4 Å². The Balaban J connectivity index is 0.000000201. The van der Waals surface area contributed by atoms with Crippen molar-refractivity contribution >= 4 is 44.8 Å². The number of benzene rings is 4. The van der Waals surface area contributed by atoms with Crippen LogP contribution >= 0.6 is 0 Å². The third kappa shape index (κ3) is 11.3. The molecular weight excluding hydrogens is 983 g/mol. The monoisotopic (exact) mass is 1030 g/mol. The van der Waals surface area contributed by atoms with Crippen LogP contribution in [0.25, 0.3) is 65.3 Å². The molecule has 18 nitrogen and oxygen atoms in total. The van der Waals surface area contributed by atoms with Crippen molar-refractivity contribution in [3.63, 3.8) is 0 Å². The number of fused-ring (bicyclic) bond motifs is 2. The van der Waals surface area contributed by atoms with E-state index in [0.717, 1.165) is 0 Å². The number of hydrogen-bond donors (Lipinski definition) is 2. The van der Waals surface area contributed by atoms with Gasteiger partial charge in [0.05, 0.1) is 77.4 Å². The average Bonchev–Trinajstić information content (AvgIpc) is 3.44. The van der Waals surface area contributed by atoms with Crippen LogP contribution < -0.4 is 31.2 Å². The van der Waals surface area contributed by atoms with Crippen LogP contribution in [-0.2, 0) is 0 Å². The van der Waals surface area contributed by atoms with Crippen LogP contribution in [0.1, 0.15) is 56.7 Å². The Morgan fingerprint density at radius 1 is 0.597 bits per heavy atom. The zero-order valence-corrected chi connectivity index (χ0v) is 41.3. The lowest BCUT2D eigenvalue weighted by Crippen LogP contribution is -2.27. The summed E-state index contributed by atoms with van der Waals surface area (Å²) in [7, 11) is 1.55. The molecule has 10 aromatic rings. The van der Waals surface area contributed by atoms with E-state index in [1.54, 1.807) is 74.1 Å². The molecule has 0 bridgehead atoms. The zero-order valence-electron chi connectivity index (χ0n) is 41.3. The number of ether oxygens (including phenoxy) is 2. The summed E-state index contributed by atoms with van der Waals surface area (Å²) < 4.78 is 38.5. The Bertz CT molecular complexity index is 4000. The van der Waals surface area contributed by atoms with Gasteiger partial charge in [-0.25, -0.2) is 34.6 Å². The van der Waals surface area contributed by atoms with Gasteiger partial charge < -0.3 is 20.1 Å². The third-order valence-corrected chi connectivity index (χ3v) is 11.8. The third-order valence-electron chi connectivity index (χ3n) is 11.8. The number of hydrogen-bond acceptors (Lipinski definition) is 14. The number of para-hydroxylation sites is 2. The summed E-state index contributed by atoms with van der Waals surface area (Å²) in [5, 5.41) is 7.21. The quantitative estimate of drug-likeness (QED) is 0.103. The minimum Gasteiger partial charge on any atom is -0.481 e. The van der Waals surface area contributed by atoms with E-state index < -0.39 is 18.7 Å². The summed E-state index contributed by atoms with van der Waals surface area (Å²) in [5.74, 6) is 2.93. The summed E-state index contributed by atoms with van der Waals surface area (Å²) in [6.45, 7) is 19.1. The average molecular weight is 1030 g/mol. The van der Waals surface area contributed by atoms with Crippen molar-refractivity contribution in [2.24, 2.45) is 0 Å². The van der Waals surface area contributed by atoms with Crippen molar-refractivity contribution in [2.75, 3.05) is 17.7 Å². The molecule has 0 amide bonds. The van der Waals surface area contributed by atoms with E-state index in [9.17, 15) is 18.4 Å². The van der Waals surface area contributed by atoms with Crippen molar-refractivity contribution in [1.29, 1.82) is 0 Å². The van der Waals surface area contributed by atoms with Crippen molar-refractivity contribution < 1.29 is 18.3 Å². The molecule has 2 N–H and O–H groups in total. The van der Waals surface area contributed by atoms with Gasteiger partial charge in [-0.2, -0.15) is 8.78 Å². The van der Waals surface area contributed by atoms with Crippen molar-refractivity contribution in [3.8, 4) is 45.4 Å². The molecule has 0 saturated heterocycles. The summed E-state index contributed by atoms with van der Waals surface area (Å²) >= 11 is 0. The molecule has 0 aliphatic heterocycles. The number of aryl methyl sites for hydroxylation is 2. The fraction of sp³-hybridized carbons (Fsp3) is 0.158. The zero-order chi connectivity index (χ0) is 53.5. The number of nitrogens with one attached hydrogen (secondary N) is 2. The first-order valence-electron chi connectivity index (χ1n) is 23.4. The Kier molecular flexibility index (Phi) is 16.0. The van der Waals surface area contributed by atoms with Crippen LogP contribution in [-0.4, -0.2) is 62.7 Å². The molecule has 0 radical (unpaired) electrons. The van der Waals surface area contributed by atoms with Gasteiger partial charge in [0.15, 0.2) is 0 Å². The first-order chi connectivity index (χ1) is 36.8. The smallest absolute Gasteiger partial charge is 0.387 e. The second-order valence-electron chi connectivity index (χ2n) is 16.9. The molecule has 0 aliphatic carbocycles. The molecule has 6 aromatic heterocycles. The number of halogens is 2. The first kappa shape index (κ1) is 53.0. The molecule has 2 atom stereocenters. The van der Waals surface area contributed by atoms with E-state index >= 15 is 0 Å². The van der Waals surface area contributed by atoms with Gasteiger partial charge in [-0.1, -0.05) is 74.2 Å². The summed E-state index contributed by atoms with van der Waals surface area (Å²) in [5.41, 5.74) is 4.28. The Morgan fingerprint density at radius 2 is 1.09 bits per heavy atom. The number of methoxy groups -OCH3 is 1. The summed E-state index contributed by atoms with van der Waals surface area (Å²) in [4.78, 5) is 70.7. The van der Waals surface area contributed by atoms with Gasteiger partial charge in [-0.3, -0.25) is 33.7 Å². The van der Waals surface area contributed by atoms with Crippen LogP contribution in [0.15, 0.2) is 156 Å². The molecule has 0 saturated carbocycles. The maximum Gasteiger partial charge on any atom is 0.387 e. The lowest BCUT2D eigenvalue weighted by molar-refractivity contribution is -0.0500. The van der Waals surface area contributed by atoms with Gasteiger partial charge >= 0.3 is 6.61 Å². The minimum absolute atomic E-state index is 0. The van der Waals surface area contributed by atoms with Gasteiger partial charge in [0.2, 0.25) is 17.3 Å². The molecule has 4 aromatic carbocycles. The molecule has 6 heterocycles. The van der Waals surface area contributed by atoms with Crippen LogP contribution in [0.2, 0.25) is 0 Å². The number of alkyl halides is 2. The van der Waals surface area contributed by atoms with Crippen molar-refractivity contribution in [3.05, 3.63) is 213 Å². The molecule has 0 fully saturated rings. The molecular formula is C57H48F2N14O4. The number of anilines is 2. The van der Waals surface area contributed by atoms with E-state index in [0.29, 0.717) is 96.7 Å². The van der Waals surface area contributed by atoms with Gasteiger partial charge in [-0.05, 0) is 81.8 Å². The highest BCUT2D eigenvalue weighted by molar-refractivity contribution is 5.95. The number of aromatic nitrogens is 10. The van der Waals surface area contributed by atoms with Gasteiger partial charge in [0, 0.05) is 35.8 Å². The Morgan fingerprint density at radius 3 is 1.58 bits per heavy atom. The normalized spacial score (nSPS) is 11.6. The molecule has 0 unspecified atom stereocenters. The summed E-state index contributed by atoms with van der Waals surface area (Å²) in [6, 6.07) is 34.8. The van der Waals surface area contributed by atoms with Crippen molar-refractivity contribution in [2.45, 2.75) is 53.8 Å². The van der Waals surface area contributed by atoms with E-state index in [2.05, 4.69) is 55.0 Å². The summed E-state index contributed by atoms with van der Waals surface area (Å²) in [6.07, 6.45) is 5.57. The fourth-order valence-electron chi connectivity index (χ4n) is 8.44. The second kappa shape index (κ2) is 23.3. The highest BCUT2D eigenvalue weighted by atomic mass is 19.3. The standard InChI is InChI=1S/C28H21F2N7O2.C28H23N7O2.CH4/c1-16(34-25-23(31-3)15-33-17(2)35-25)26-36-22-11-7-10-21(18-12-20(14-32-13-18)39-28(29)30)24(22)27(38)37(26)19-8-5-4-6-9-19;1-17(31-26-23(29-3)16-30-18(2)32-26)27-34-22-14-8-12-20(21-13-9-15-24(33-21)37-4)25(22)28(36)35(27)19-10-6-5-7-11-19;/h4-16,28H,1-2H3,(H,33,34,35);5-17H,1-2,4H3,(H,30,31,32);1H4/t16-;17-;/m00./s1. The van der Waals surface area contributed by atoms with Crippen molar-refractivity contribution in [1.82, 2.24) is 49.0 Å². The topological polar surface area (TPSA) is 198 Å². The molecule has 0 aliphatic rings. The van der Waals surface area contributed by atoms with E-state index in [-0.39, 0.29) is 35.4 Å². The lowest BCUT2D eigenvalue weighted by Gasteiger charge is -2.21. The fourth-order valence-corrected chi connectivity index (χ4v) is 8.44. The first-order valence-corrected chi connectivity index (χ1v) is 23.4. The minimum atomic E-state index is -3.01. The molecule has 0 spiro atoms. The van der Waals surface area contributed by atoms with Gasteiger partial charge in [0.25, 0.3) is 11.1 Å². The van der Waals surface area contributed by atoms with E-state index in [1.807, 2.05) is 80.6 Å². The second-order valence-corrected chi connectivity index (χ2v) is 16.9. The number of rotatable bonds is 13. The molecule has 384 valence electrons. The van der Waals surface area contributed by atoms with E-state index in [4.69, 9.17) is 27.8 Å². The lowest BCUT2D eigenvalue weighted by atomic mass is 10.0. The molecule has 20 heteroatoms. The largest absolute Gasteiger partial charge is 0.481 e. The van der Waals surface area contributed by atoms with Gasteiger partial charge in [0.1, 0.15) is 40.7 Å². The van der Waals surface area contributed by atoms with Gasteiger partial charge in [-0.15, -0.1) is 0 Å². The maximum absolute atomic E-state index is 14.2. The number of pyridine rings is 2.